The van der Waals surface area contributed by atoms with Crippen molar-refractivity contribution in [1.29, 1.82) is 0 Å². The topological polar surface area (TPSA) is 107 Å². The molecule has 0 radical (unpaired) electrons. The molecule has 0 spiro atoms. The molecule has 1 aliphatic rings. The molecule has 0 saturated carbocycles. The molecule has 0 bridgehead atoms. The second-order valence-electron chi connectivity index (χ2n) is 4.68. The number of rotatable bonds is 3. The quantitative estimate of drug-likeness (QED) is 0.646. The molecule has 1 atom stereocenters. The van der Waals surface area contributed by atoms with Crippen LogP contribution in [-0.4, -0.2) is 38.7 Å². The molecule has 0 unspecified atom stereocenters. The average molecular weight is 358 g/mol. The lowest BCUT2D eigenvalue weighted by Crippen LogP contribution is -2.27. The Morgan fingerprint density at radius 3 is 2.43 bits per heavy atom. The van der Waals surface area contributed by atoms with E-state index >= 15 is 0 Å². The van der Waals surface area contributed by atoms with Gasteiger partial charge in [0.25, 0.3) is 5.69 Å². The Hall–Kier alpha value is -1.09. The molecule has 21 heavy (non-hydrogen) atoms. The molecule has 1 fully saturated rings. The number of anilines is 1. The van der Waals surface area contributed by atoms with Crippen LogP contribution in [0.3, 0.4) is 0 Å². The molecule has 0 aliphatic carbocycles. The number of non-ortho nitro benzene ring substituents is 1. The highest BCUT2D eigenvalue weighted by molar-refractivity contribution is 7.90. The van der Waals surface area contributed by atoms with E-state index in [9.17, 15) is 18.5 Å². The van der Waals surface area contributed by atoms with Crippen molar-refractivity contribution >= 4 is 46.0 Å². The maximum absolute atomic E-state index is 11.7. The van der Waals surface area contributed by atoms with Gasteiger partial charge in [0.1, 0.15) is 0 Å². The molecule has 1 aliphatic heterocycles. The number of nitrogens with two attached hydrogens (primary N) is 1. The monoisotopic (exact) mass is 357 g/mol. The fourth-order valence-corrected chi connectivity index (χ4v) is 3.07. The van der Waals surface area contributed by atoms with Gasteiger partial charge in [-0.25, -0.2) is 8.42 Å². The number of sulfone groups is 1. The highest BCUT2D eigenvalue weighted by Crippen LogP contribution is 2.31. The van der Waals surface area contributed by atoms with E-state index < -0.39 is 14.8 Å². The Kier molecular flexibility index (Phi) is 6.88. The first-order valence-corrected chi connectivity index (χ1v) is 7.67. The lowest BCUT2D eigenvalue weighted by molar-refractivity contribution is -0.384. The maximum atomic E-state index is 11.7. The molecule has 120 valence electrons. The summed E-state index contributed by atoms with van der Waals surface area (Å²) in [6.07, 6.45) is 1.83. The minimum absolute atomic E-state index is 0. The number of hydrogen-bond acceptors (Lipinski definition) is 6. The van der Waals surface area contributed by atoms with Crippen LogP contribution in [0.2, 0.25) is 0 Å². The summed E-state index contributed by atoms with van der Waals surface area (Å²) in [6.45, 7) is 1.11. The summed E-state index contributed by atoms with van der Waals surface area (Å²) in [7, 11) is -3.44. The Labute approximate surface area is 135 Å². The smallest absolute Gasteiger partial charge is 0.271 e. The van der Waals surface area contributed by atoms with Crippen molar-refractivity contribution in [2.45, 2.75) is 17.4 Å². The highest BCUT2D eigenvalue weighted by Gasteiger charge is 2.26. The first-order valence-electron chi connectivity index (χ1n) is 5.78. The molecular weight excluding hydrogens is 341 g/mol. The molecule has 10 heteroatoms. The normalized spacial score (nSPS) is 17.8. The van der Waals surface area contributed by atoms with Gasteiger partial charge in [-0.05, 0) is 12.5 Å². The predicted octanol–water partition coefficient (Wildman–Crippen LogP) is 1.38. The summed E-state index contributed by atoms with van der Waals surface area (Å²) >= 11 is 0. The lowest BCUT2D eigenvalue weighted by atomic mass is 10.2. The SMILES string of the molecule is CS(=O)(=O)c1ccc([N+](=O)[O-])cc1N1CC[C@@H](N)C1.Cl.Cl. The van der Waals surface area contributed by atoms with Crippen molar-refractivity contribution in [3.63, 3.8) is 0 Å². The van der Waals surface area contributed by atoms with Crippen molar-refractivity contribution < 1.29 is 13.3 Å². The van der Waals surface area contributed by atoms with Gasteiger partial charge >= 0.3 is 0 Å². The zero-order valence-electron chi connectivity index (χ0n) is 11.3. The molecule has 1 heterocycles. The number of benzene rings is 1. The minimum Gasteiger partial charge on any atom is -0.369 e. The van der Waals surface area contributed by atoms with Gasteiger partial charge in [-0.2, -0.15) is 0 Å². The van der Waals surface area contributed by atoms with E-state index in [1.165, 1.54) is 18.2 Å². The van der Waals surface area contributed by atoms with Gasteiger partial charge in [0, 0.05) is 37.5 Å². The highest BCUT2D eigenvalue weighted by atomic mass is 35.5. The van der Waals surface area contributed by atoms with Crippen LogP contribution in [0.4, 0.5) is 11.4 Å². The van der Waals surface area contributed by atoms with Crippen molar-refractivity contribution in [2.24, 2.45) is 5.73 Å². The molecule has 0 amide bonds. The first-order chi connectivity index (χ1) is 8.79. The summed E-state index contributed by atoms with van der Waals surface area (Å²) in [4.78, 5) is 12.2. The minimum atomic E-state index is -3.44. The van der Waals surface area contributed by atoms with E-state index in [1.54, 1.807) is 4.90 Å². The van der Waals surface area contributed by atoms with E-state index in [4.69, 9.17) is 5.73 Å². The number of nitro benzene ring substituents is 1. The van der Waals surface area contributed by atoms with Gasteiger partial charge in [0.05, 0.1) is 15.5 Å². The standard InChI is InChI=1S/C11H15N3O4S.2ClH/c1-19(17,18)11-3-2-9(14(15)16)6-10(11)13-5-4-8(12)7-13;;/h2-3,6,8H,4-5,7,12H2,1H3;2*1H/t8-;;/m1../s1. The summed E-state index contributed by atoms with van der Waals surface area (Å²) in [5.74, 6) is 0. The fraction of sp³-hybridized carbons (Fsp3) is 0.455. The summed E-state index contributed by atoms with van der Waals surface area (Å²) < 4.78 is 23.5. The first kappa shape index (κ1) is 19.9. The van der Waals surface area contributed by atoms with E-state index in [1.807, 2.05) is 0 Å². The molecule has 1 aromatic rings. The molecule has 7 nitrogen and oxygen atoms in total. The molecular formula is C11H17Cl2N3O4S. The molecule has 2 N–H and O–H groups in total. The van der Waals surface area contributed by atoms with E-state index in [0.29, 0.717) is 18.8 Å². The molecule has 1 aromatic carbocycles. The lowest BCUT2D eigenvalue weighted by Gasteiger charge is -2.20. The Bertz CT molecular complexity index is 624. The Morgan fingerprint density at radius 1 is 1.38 bits per heavy atom. The van der Waals surface area contributed by atoms with Crippen molar-refractivity contribution in [3.8, 4) is 0 Å². The predicted molar refractivity (Wildman–Crippen MR) is 85.5 cm³/mol. The number of nitrogens with zero attached hydrogens (tertiary/aromatic N) is 2. The van der Waals surface area contributed by atoms with E-state index in [2.05, 4.69) is 0 Å². The Balaban J connectivity index is 0.00000200. The summed E-state index contributed by atoms with van der Waals surface area (Å²) in [6, 6.07) is 3.75. The zero-order chi connectivity index (χ0) is 14.2. The second kappa shape index (κ2) is 7.26. The largest absolute Gasteiger partial charge is 0.369 e. The Morgan fingerprint density at radius 2 is 2.00 bits per heavy atom. The van der Waals surface area contributed by atoms with Crippen molar-refractivity contribution in [2.75, 3.05) is 24.2 Å². The van der Waals surface area contributed by atoms with Crippen LogP contribution in [0.25, 0.3) is 0 Å². The van der Waals surface area contributed by atoms with Gasteiger partial charge < -0.3 is 10.6 Å². The summed E-state index contributed by atoms with van der Waals surface area (Å²) in [5, 5.41) is 10.8. The van der Waals surface area contributed by atoms with Crippen LogP contribution in [-0.2, 0) is 9.84 Å². The van der Waals surface area contributed by atoms with Crippen LogP contribution in [0.5, 0.6) is 0 Å². The van der Waals surface area contributed by atoms with Crippen LogP contribution in [0.1, 0.15) is 6.42 Å². The van der Waals surface area contributed by atoms with E-state index in [0.717, 1.165) is 12.7 Å². The number of nitro groups is 1. The van der Waals surface area contributed by atoms with Crippen molar-refractivity contribution in [1.82, 2.24) is 0 Å². The van der Waals surface area contributed by atoms with Crippen LogP contribution in [0, 0.1) is 10.1 Å². The van der Waals surface area contributed by atoms with Gasteiger partial charge in [0.2, 0.25) is 0 Å². The van der Waals surface area contributed by atoms with Crippen LogP contribution >= 0.6 is 24.8 Å². The molecule has 0 aromatic heterocycles. The number of hydrogen-bond donors (Lipinski definition) is 1. The third kappa shape index (κ3) is 4.44. The number of halogens is 2. The zero-order valence-corrected chi connectivity index (χ0v) is 13.7. The van der Waals surface area contributed by atoms with Gasteiger partial charge in [0.15, 0.2) is 9.84 Å². The van der Waals surface area contributed by atoms with Crippen molar-refractivity contribution in [3.05, 3.63) is 28.3 Å². The van der Waals surface area contributed by atoms with Gasteiger partial charge in [-0.15, -0.1) is 24.8 Å². The average Bonchev–Trinajstić information content (AvgIpc) is 2.73. The third-order valence-electron chi connectivity index (χ3n) is 3.12. The summed E-state index contributed by atoms with van der Waals surface area (Å²) in [5.41, 5.74) is 6.04. The second-order valence-corrected chi connectivity index (χ2v) is 6.66. The fourth-order valence-electron chi connectivity index (χ4n) is 2.19. The third-order valence-corrected chi connectivity index (χ3v) is 4.26. The van der Waals surface area contributed by atoms with Crippen LogP contribution < -0.4 is 10.6 Å². The van der Waals surface area contributed by atoms with Gasteiger partial charge in [-0.3, -0.25) is 10.1 Å². The van der Waals surface area contributed by atoms with E-state index in [-0.39, 0.29) is 41.4 Å². The van der Waals surface area contributed by atoms with Crippen LogP contribution in [0.15, 0.2) is 23.1 Å². The maximum Gasteiger partial charge on any atom is 0.271 e. The van der Waals surface area contributed by atoms with Gasteiger partial charge in [-0.1, -0.05) is 0 Å². The molecule has 2 rings (SSSR count). The molecule has 1 saturated heterocycles.